The summed E-state index contributed by atoms with van der Waals surface area (Å²) in [5, 5.41) is 0. The van der Waals surface area contributed by atoms with Gasteiger partial charge in [-0.3, -0.25) is 4.98 Å². The molecule has 0 saturated heterocycles. The number of hydrogen-bond donors (Lipinski definition) is 1. The summed E-state index contributed by atoms with van der Waals surface area (Å²) in [7, 11) is 0. The van der Waals surface area contributed by atoms with Gasteiger partial charge in [-0.05, 0) is 34.5 Å². The number of hydrogen-bond acceptors (Lipinski definition) is 2. The van der Waals surface area contributed by atoms with E-state index in [0.717, 1.165) is 10.0 Å². The van der Waals surface area contributed by atoms with Crippen LogP contribution in [0.3, 0.4) is 0 Å². The fourth-order valence-corrected chi connectivity index (χ4v) is 1.06. The van der Waals surface area contributed by atoms with Gasteiger partial charge < -0.3 is 5.73 Å². The molecule has 1 atom stereocenters. The van der Waals surface area contributed by atoms with Gasteiger partial charge in [0.15, 0.2) is 0 Å². The summed E-state index contributed by atoms with van der Waals surface area (Å²) in [6, 6.07) is 2.03. The minimum Gasteiger partial charge on any atom is -0.324 e. The van der Waals surface area contributed by atoms with Crippen LogP contribution in [0, 0.1) is 0 Å². The third kappa shape index (κ3) is 3.83. The first-order valence-electron chi connectivity index (χ1n) is 4.06. The molecular formula is C9H15BrN2. The van der Waals surface area contributed by atoms with Crippen molar-refractivity contribution in [1.29, 1.82) is 0 Å². The Morgan fingerprint density at radius 1 is 1.42 bits per heavy atom. The molecule has 0 aliphatic rings. The normalized spacial score (nSPS) is 11.4. The third-order valence-corrected chi connectivity index (χ3v) is 1.69. The van der Waals surface area contributed by atoms with Gasteiger partial charge >= 0.3 is 0 Å². The second-order valence-electron chi connectivity index (χ2n) is 2.23. The lowest BCUT2D eigenvalue weighted by atomic mass is 10.2. The molecule has 2 nitrogen and oxygen atoms in total. The van der Waals surface area contributed by atoms with Crippen LogP contribution in [-0.4, -0.2) is 4.98 Å². The summed E-state index contributed by atoms with van der Waals surface area (Å²) in [6.07, 6.45) is 3.52. The summed E-state index contributed by atoms with van der Waals surface area (Å²) in [4.78, 5) is 3.98. The van der Waals surface area contributed by atoms with Crippen LogP contribution in [-0.2, 0) is 0 Å². The molecule has 68 valence electrons. The molecular weight excluding hydrogens is 216 g/mol. The van der Waals surface area contributed by atoms with Gasteiger partial charge in [0.2, 0.25) is 0 Å². The minimum atomic E-state index is 0.0602. The maximum atomic E-state index is 5.62. The molecule has 0 bridgehead atoms. The average Bonchev–Trinajstić information content (AvgIpc) is 2.08. The van der Waals surface area contributed by atoms with Crippen LogP contribution >= 0.6 is 15.9 Å². The predicted octanol–water partition coefficient (Wildman–Crippen LogP) is 2.89. The fourth-order valence-electron chi connectivity index (χ4n) is 0.677. The van der Waals surface area contributed by atoms with Crippen LogP contribution in [0.4, 0.5) is 0 Å². The average molecular weight is 231 g/mol. The van der Waals surface area contributed by atoms with Crippen molar-refractivity contribution >= 4 is 15.9 Å². The molecule has 0 aliphatic carbocycles. The van der Waals surface area contributed by atoms with Gasteiger partial charge in [0.1, 0.15) is 0 Å². The monoisotopic (exact) mass is 230 g/mol. The molecule has 0 saturated carbocycles. The molecule has 3 heteroatoms. The van der Waals surface area contributed by atoms with E-state index in [1.165, 1.54) is 0 Å². The van der Waals surface area contributed by atoms with Crippen molar-refractivity contribution in [2.45, 2.75) is 26.8 Å². The van der Waals surface area contributed by atoms with Crippen LogP contribution < -0.4 is 5.73 Å². The van der Waals surface area contributed by atoms with E-state index in [4.69, 9.17) is 5.73 Å². The van der Waals surface area contributed by atoms with E-state index < -0.39 is 0 Å². The number of pyridine rings is 1. The standard InChI is InChI=1S/C7H9BrN2.C2H6/c1-5(9)6-2-7(8)4-10-3-6;1-2/h2-5H,9H2,1H3;1-2H3/t5-;/m0./s1. The molecule has 2 N–H and O–H groups in total. The van der Waals surface area contributed by atoms with E-state index in [9.17, 15) is 0 Å². The van der Waals surface area contributed by atoms with E-state index in [1.807, 2.05) is 26.8 Å². The van der Waals surface area contributed by atoms with Crippen molar-refractivity contribution in [3.8, 4) is 0 Å². The van der Waals surface area contributed by atoms with Gasteiger partial charge in [0.25, 0.3) is 0 Å². The Morgan fingerprint density at radius 3 is 2.33 bits per heavy atom. The molecule has 1 heterocycles. The highest BCUT2D eigenvalue weighted by atomic mass is 79.9. The first-order chi connectivity index (χ1) is 5.70. The maximum absolute atomic E-state index is 5.62. The van der Waals surface area contributed by atoms with Gasteiger partial charge in [-0.25, -0.2) is 0 Å². The van der Waals surface area contributed by atoms with Crippen molar-refractivity contribution in [3.63, 3.8) is 0 Å². The summed E-state index contributed by atoms with van der Waals surface area (Å²) >= 11 is 3.31. The van der Waals surface area contributed by atoms with Gasteiger partial charge in [0, 0.05) is 22.9 Å². The molecule has 0 spiro atoms. The second kappa shape index (κ2) is 6.14. The topological polar surface area (TPSA) is 38.9 Å². The van der Waals surface area contributed by atoms with Gasteiger partial charge in [-0.2, -0.15) is 0 Å². The predicted molar refractivity (Wildman–Crippen MR) is 55.9 cm³/mol. The molecule has 1 rings (SSSR count). The van der Waals surface area contributed by atoms with E-state index in [-0.39, 0.29) is 6.04 Å². The summed E-state index contributed by atoms with van der Waals surface area (Å²) in [6.45, 7) is 5.93. The highest BCUT2D eigenvalue weighted by molar-refractivity contribution is 9.10. The smallest absolute Gasteiger partial charge is 0.0410 e. The van der Waals surface area contributed by atoms with Crippen molar-refractivity contribution in [3.05, 3.63) is 28.5 Å². The Bertz CT molecular complexity index is 224. The summed E-state index contributed by atoms with van der Waals surface area (Å²) < 4.78 is 0.974. The zero-order valence-corrected chi connectivity index (χ0v) is 9.30. The quantitative estimate of drug-likeness (QED) is 0.807. The Balaban J connectivity index is 0.000000561. The Labute approximate surface area is 82.3 Å². The molecule has 0 aromatic carbocycles. The Hall–Kier alpha value is -0.410. The summed E-state index contributed by atoms with van der Waals surface area (Å²) in [5.74, 6) is 0. The minimum absolute atomic E-state index is 0.0602. The summed E-state index contributed by atoms with van der Waals surface area (Å²) in [5.41, 5.74) is 6.67. The lowest BCUT2D eigenvalue weighted by Gasteiger charge is -2.03. The SMILES string of the molecule is CC.C[C@H](N)c1cncc(Br)c1. The van der Waals surface area contributed by atoms with Crippen molar-refractivity contribution in [1.82, 2.24) is 4.98 Å². The van der Waals surface area contributed by atoms with E-state index in [1.54, 1.807) is 12.4 Å². The first-order valence-corrected chi connectivity index (χ1v) is 4.85. The number of nitrogens with two attached hydrogens (primary N) is 1. The van der Waals surface area contributed by atoms with Crippen LogP contribution in [0.2, 0.25) is 0 Å². The Morgan fingerprint density at radius 2 is 2.00 bits per heavy atom. The van der Waals surface area contributed by atoms with Crippen LogP contribution in [0.5, 0.6) is 0 Å². The molecule has 1 aromatic rings. The lowest BCUT2D eigenvalue weighted by molar-refractivity contribution is 0.810. The van der Waals surface area contributed by atoms with Gasteiger partial charge in [0.05, 0.1) is 0 Å². The number of rotatable bonds is 1. The zero-order valence-electron chi connectivity index (χ0n) is 7.71. The van der Waals surface area contributed by atoms with Crippen LogP contribution in [0.25, 0.3) is 0 Å². The molecule has 0 aliphatic heterocycles. The molecule has 12 heavy (non-hydrogen) atoms. The molecule has 1 aromatic heterocycles. The van der Waals surface area contributed by atoms with Crippen molar-refractivity contribution < 1.29 is 0 Å². The van der Waals surface area contributed by atoms with E-state index in [0.29, 0.717) is 0 Å². The van der Waals surface area contributed by atoms with Crippen molar-refractivity contribution in [2.24, 2.45) is 5.73 Å². The number of aromatic nitrogens is 1. The highest BCUT2D eigenvalue weighted by Crippen LogP contribution is 2.13. The van der Waals surface area contributed by atoms with Gasteiger partial charge in [-0.15, -0.1) is 0 Å². The molecule has 0 radical (unpaired) electrons. The van der Waals surface area contributed by atoms with Crippen molar-refractivity contribution in [2.75, 3.05) is 0 Å². The highest BCUT2D eigenvalue weighted by Gasteiger charge is 1.98. The fraction of sp³-hybridized carbons (Fsp3) is 0.444. The molecule has 0 unspecified atom stereocenters. The number of halogens is 1. The second-order valence-corrected chi connectivity index (χ2v) is 3.14. The van der Waals surface area contributed by atoms with Crippen LogP contribution in [0.1, 0.15) is 32.4 Å². The van der Waals surface area contributed by atoms with E-state index in [2.05, 4.69) is 20.9 Å². The van der Waals surface area contributed by atoms with Gasteiger partial charge in [-0.1, -0.05) is 13.8 Å². The lowest BCUT2D eigenvalue weighted by Crippen LogP contribution is -2.04. The molecule has 0 amide bonds. The zero-order chi connectivity index (χ0) is 9.56. The molecule has 0 fully saturated rings. The van der Waals surface area contributed by atoms with Crippen LogP contribution in [0.15, 0.2) is 22.9 Å². The largest absolute Gasteiger partial charge is 0.324 e. The first kappa shape index (κ1) is 11.6. The maximum Gasteiger partial charge on any atom is 0.0410 e. The number of nitrogens with zero attached hydrogens (tertiary/aromatic N) is 1. The van der Waals surface area contributed by atoms with E-state index >= 15 is 0 Å². The Kier molecular flexibility index (Phi) is 5.93. The third-order valence-electron chi connectivity index (χ3n) is 1.25.